The highest BCUT2D eigenvalue weighted by Crippen LogP contribution is 2.24. The smallest absolute Gasteiger partial charge is 0.255 e. The van der Waals surface area contributed by atoms with Crippen molar-refractivity contribution in [2.75, 3.05) is 5.32 Å². The van der Waals surface area contributed by atoms with Crippen LogP contribution in [0.4, 0.5) is 10.1 Å². The molecule has 0 aliphatic rings. The molecule has 1 aromatic heterocycles. The van der Waals surface area contributed by atoms with Crippen LogP contribution in [0.25, 0.3) is 11.5 Å². The number of aromatic nitrogens is 1. The van der Waals surface area contributed by atoms with E-state index in [1.165, 1.54) is 18.2 Å². The van der Waals surface area contributed by atoms with E-state index in [1.807, 2.05) is 19.9 Å². The standard InChI is InChI=1S/C18H15FN2O2/c1-11-12(2)23-18(20-11)14-6-4-8-16(10-14)21-17(22)13-5-3-7-15(19)9-13/h3-10H,1-2H3,(H,21,22). The Morgan fingerprint density at radius 1 is 1.13 bits per heavy atom. The van der Waals surface area contributed by atoms with Crippen LogP contribution in [0.1, 0.15) is 21.8 Å². The summed E-state index contributed by atoms with van der Waals surface area (Å²) in [5, 5.41) is 2.74. The molecule has 3 aromatic rings. The lowest BCUT2D eigenvalue weighted by atomic mass is 10.1. The molecule has 0 atom stereocenters. The largest absolute Gasteiger partial charge is 0.441 e. The van der Waals surface area contributed by atoms with Gasteiger partial charge in [0.2, 0.25) is 5.89 Å². The molecule has 1 amide bonds. The van der Waals surface area contributed by atoms with Crippen LogP contribution in [-0.2, 0) is 0 Å². The van der Waals surface area contributed by atoms with Crippen LogP contribution >= 0.6 is 0 Å². The molecule has 0 fully saturated rings. The first kappa shape index (κ1) is 15.0. The normalized spacial score (nSPS) is 10.6. The Labute approximate surface area is 133 Å². The summed E-state index contributed by atoms with van der Waals surface area (Å²) in [4.78, 5) is 16.5. The maximum absolute atomic E-state index is 13.2. The topological polar surface area (TPSA) is 55.1 Å². The minimum absolute atomic E-state index is 0.262. The molecule has 0 saturated carbocycles. The Hall–Kier alpha value is -2.95. The van der Waals surface area contributed by atoms with Crippen molar-refractivity contribution >= 4 is 11.6 Å². The van der Waals surface area contributed by atoms with Crippen molar-refractivity contribution in [2.45, 2.75) is 13.8 Å². The second-order valence-corrected chi connectivity index (χ2v) is 5.21. The van der Waals surface area contributed by atoms with Crippen molar-refractivity contribution in [3.63, 3.8) is 0 Å². The molecule has 5 heteroatoms. The predicted molar refractivity (Wildman–Crippen MR) is 85.8 cm³/mol. The predicted octanol–water partition coefficient (Wildman–Crippen LogP) is 4.35. The maximum Gasteiger partial charge on any atom is 0.255 e. The van der Waals surface area contributed by atoms with Gasteiger partial charge in [0.05, 0.1) is 5.69 Å². The van der Waals surface area contributed by atoms with E-state index in [4.69, 9.17) is 4.42 Å². The molecule has 0 radical (unpaired) electrons. The average molecular weight is 310 g/mol. The molecule has 2 aromatic carbocycles. The molecule has 0 aliphatic carbocycles. The third kappa shape index (κ3) is 3.29. The van der Waals surface area contributed by atoms with Gasteiger partial charge in [-0.15, -0.1) is 0 Å². The highest BCUT2D eigenvalue weighted by molar-refractivity contribution is 6.04. The fraction of sp³-hybridized carbons (Fsp3) is 0.111. The van der Waals surface area contributed by atoms with Gasteiger partial charge in [-0.1, -0.05) is 12.1 Å². The first-order valence-corrected chi connectivity index (χ1v) is 7.14. The Bertz CT molecular complexity index is 851. The molecule has 1 heterocycles. The molecule has 3 rings (SSSR count). The van der Waals surface area contributed by atoms with E-state index in [0.29, 0.717) is 11.6 Å². The number of rotatable bonds is 3. The monoisotopic (exact) mass is 310 g/mol. The first-order valence-electron chi connectivity index (χ1n) is 7.14. The lowest BCUT2D eigenvalue weighted by Crippen LogP contribution is -2.12. The van der Waals surface area contributed by atoms with E-state index in [0.717, 1.165) is 17.0 Å². The van der Waals surface area contributed by atoms with Gasteiger partial charge in [0.25, 0.3) is 5.91 Å². The second kappa shape index (κ2) is 6.04. The number of carbonyl (C=O) groups excluding carboxylic acids is 1. The van der Waals surface area contributed by atoms with Gasteiger partial charge in [-0.05, 0) is 50.2 Å². The van der Waals surface area contributed by atoms with Crippen LogP contribution in [0.3, 0.4) is 0 Å². The zero-order valence-corrected chi connectivity index (χ0v) is 12.8. The average Bonchev–Trinajstić information content (AvgIpc) is 2.87. The summed E-state index contributed by atoms with van der Waals surface area (Å²) in [5.41, 5.74) is 2.44. The molecule has 0 spiro atoms. The number of hydrogen-bond donors (Lipinski definition) is 1. The molecule has 0 saturated heterocycles. The van der Waals surface area contributed by atoms with Gasteiger partial charge in [-0.2, -0.15) is 0 Å². The summed E-state index contributed by atoms with van der Waals surface area (Å²) in [6.07, 6.45) is 0. The van der Waals surface area contributed by atoms with Crippen LogP contribution in [0.5, 0.6) is 0 Å². The van der Waals surface area contributed by atoms with E-state index in [1.54, 1.807) is 24.3 Å². The summed E-state index contributed by atoms with van der Waals surface area (Å²) in [6.45, 7) is 3.72. The lowest BCUT2D eigenvalue weighted by molar-refractivity contribution is 0.102. The number of anilines is 1. The Kier molecular flexibility index (Phi) is 3.93. The van der Waals surface area contributed by atoms with Crippen LogP contribution < -0.4 is 5.32 Å². The molecule has 4 nitrogen and oxygen atoms in total. The number of carbonyl (C=O) groups is 1. The summed E-state index contributed by atoms with van der Waals surface area (Å²) in [6, 6.07) is 12.7. The number of hydrogen-bond acceptors (Lipinski definition) is 3. The molecule has 116 valence electrons. The fourth-order valence-electron chi connectivity index (χ4n) is 2.16. The SMILES string of the molecule is Cc1nc(-c2cccc(NC(=O)c3cccc(F)c3)c2)oc1C. The first-order chi connectivity index (χ1) is 11.0. The van der Waals surface area contributed by atoms with E-state index < -0.39 is 5.82 Å². The summed E-state index contributed by atoms with van der Waals surface area (Å²) < 4.78 is 18.8. The molecule has 0 aliphatic heterocycles. The highest BCUT2D eigenvalue weighted by atomic mass is 19.1. The molecular formula is C18H15FN2O2. The fourth-order valence-corrected chi connectivity index (χ4v) is 2.16. The number of nitrogens with zero attached hydrogens (tertiary/aromatic N) is 1. The van der Waals surface area contributed by atoms with Gasteiger partial charge in [-0.25, -0.2) is 9.37 Å². The molecule has 23 heavy (non-hydrogen) atoms. The van der Waals surface area contributed by atoms with Crippen molar-refractivity contribution in [1.29, 1.82) is 0 Å². The van der Waals surface area contributed by atoms with Gasteiger partial charge in [0, 0.05) is 16.8 Å². The van der Waals surface area contributed by atoms with Crippen LogP contribution in [0.15, 0.2) is 52.9 Å². The molecule has 0 bridgehead atoms. The number of nitrogens with one attached hydrogen (secondary N) is 1. The number of oxazole rings is 1. The third-order valence-electron chi connectivity index (χ3n) is 3.48. The molecule has 0 unspecified atom stereocenters. The third-order valence-corrected chi connectivity index (χ3v) is 3.48. The summed E-state index contributed by atoms with van der Waals surface area (Å²) >= 11 is 0. The van der Waals surface area contributed by atoms with Crippen molar-refractivity contribution in [2.24, 2.45) is 0 Å². The van der Waals surface area contributed by atoms with Gasteiger partial charge < -0.3 is 9.73 Å². The zero-order valence-electron chi connectivity index (χ0n) is 12.8. The van der Waals surface area contributed by atoms with Crippen molar-refractivity contribution in [3.05, 3.63) is 71.4 Å². The van der Waals surface area contributed by atoms with Gasteiger partial charge >= 0.3 is 0 Å². The van der Waals surface area contributed by atoms with Crippen molar-refractivity contribution in [3.8, 4) is 11.5 Å². The minimum Gasteiger partial charge on any atom is -0.441 e. The maximum atomic E-state index is 13.2. The second-order valence-electron chi connectivity index (χ2n) is 5.21. The number of aryl methyl sites for hydroxylation is 2. The van der Waals surface area contributed by atoms with E-state index in [9.17, 15) is 9.18 Å². The van der Waals surface area contributed by atoms with Crippen LogP contribution in [0.2, 0.25) is 0 Å². The Balaban J connectivity index is 1.84. The Morgan fingerprint density at radius 3 is 2.61 bits per heavy atom. The molecular weight excluding hydrogens is 295 g/mol. The minimum atomic E-state index is -0.447. The number of amides is 1. The van der Waals surface area contributed by atoms with Crippen molar-refractivity contribution < 1.29 is 13.6 Å². The van der Waals surface area contributed by atoms with E-state index in [-0.39, 0.29) is 11.5 Å². The van der Waals surface area contributed by atoms with Crippen LogP contribution in [0, 0.1) is 19.7 Å². The van der Waals surface area contributed by atoms with Crippen LogP contribution in [-0.4, -0.2) is 10.9 Å². The van der Waals surface area contributed by atoms with Gasteiger partial charge in [0.15, 0.2) is 0 Å². The summed E-state index contributed by atoms with van der Waals surface area (Å²) in [5.74, 6) is 0.439. The zero-order chi connectivity index (χ0) is 16.4. The summed E-state index contributed by atoms with van der Waals surface area (Å²) in [7, 11) is 0. The number of benzene rings is 2. The van der Waals surface area contributed by atoms with Crippen molar-refractivity contribution in [1.82, 2.24) is 4.98 Å². The Morgan fingerprint density at radius 2 is 1.91 bits per heavy atom. The van der Waals surface area contributed by atoms with Gasteiger partial charge in [0.1, 0.15) is 11.6 Å². The molecule has 1 N–H and O–H groups in total. The lowest BCUT2D eigenvalue weighted by Gasteiger charge is -2.06. The number of halogens is 1. The van der Waals surface area contributed by atoms with E-state index in [2.05, 4.69) is 10.3 Å². The van der Waals surface area contributed by atoms with Gasteiger partial charge in [-0.3, -0.25) is 4.79 Å². The quantitative estimate of drug-likeness (QED) is 0.782. The van der Waals surface area contributed by atoms with E-state index >= 15 is 0 Å². The highest BCUT2D eigenvalue weighted by Gasteiger charge is 2.11.